The molecule has 0 atom stereocenters. The standard InChI is InChI=1S/C20H20Cl2N6OS/c1-12-3-4-23-16(9-12)26-17-11-18(25-13(2)24-17)27-5-7-28(8-6-27)20(29)14-10-15(21)30-19(14)22/h3-4,9-11H,5-8H2,1-2H3,(H,23,24,25,26). The van der Waals surface area contributed by atoms with Crippen LogP contribution in [0, 0.1) is 13.8 Å². The van der Waals surface area contributed by atoms with Crippen molar-refractivity contribution in [2.24, 2.45) is 0 Å². The number of anilines is 3. The van der Waals surface area contributed by atoms with E-state index in [1.54, 1.807) is 17.2 Å². The van der Waals surface area contributed by atoms with Crippen LogP contribution in [-0.4, -0.2) is 51.9 Å². The molecule has 3 aromatic rings. The lowest BCUT2D eigenvalue weighted by Gasteiger charge is -2.35. The van der Waals surface area contributed by atoms with Crippen LogP contribution in [0.15, 0.2) is 30.5 Å². The second-order valence-electron chi connectivity index (χ2n) is 7.02. The van der Waals surface area contributed by atoms with Crippen molar-refractivity contribution in [2.45, 2.75) is 13.8 Å². The van der Waals surface area contributed by atoms with Crippen LogP contribution in [0.25, 0.3) is 0 Å². The van der Waals surface area contributed by atoms with Gasteiger partial charge in [-0.3, -0.25) is 4.79 Å². The number of thiophene rings is 1. The maximum atomic E-state index is 12.7. The number of hydrogen-bond acceptors (Lipinski definition) is 7. The van der Waals surface area contributed by atoms with Crippen LogP contribution in [0.4, 0.5) is 17.5 Å². The normalized spacial score (nSPS) is 14.1. The Balaban J connectivity index is 1.45. The highest BCUT2D eigenvalue weighted by molar-refractivity contribution is 7.20. The fourth-order valence-corrected chi connectivity index (χ4v) is 4.76. The van der Waals surface area contributed by atoms with Crippen molar-refractivity contribution in [1.29, 1.82) is 0 Å². The third-order valence-electron chi connectivity index (χ3n) is 4.77. The number of piperazine rings is 1. The zero-order valence-electron chi connectivity index (χ0n) is 16.5. The minimum Gasteiger partial charge on any atom is -0.353 e. The molecule has 1 aliphatic rings. The van der Waals surface area contributed by atoms with Crippen LogP contribution in [0.3, 0.4) is 0 Å². The van der Waals surface area contributed by atoms with Crippen molar-refractivity contribution >= 4 is 57.9 Å². The number of nitrogens with zero attached hydrogens (tertiary/aromatic N) is 5. The Labute approximate surface area is 188 Å². The number of carbonyl (C=O) groups excluding carboxylic acids is 1. The van der Waals surface area contributed by atoms with Gasteiger partial charge in [-0.15, -0.1) is 11.3 Å². The summed E-state index contributed by atoms with van der Waals surface area (Å²) in [5.74, 6) is 2.83. The molecule has 1 aliphatic heterocycles. The van der Waals surface area contributed by atoms with E-state index in [1.165, 1.54) is 11.3 Å². The predicted octanol–water partition coefficient (Wildman–Crippen LogP) is 4.56. The van der Waals surface area contributed by atoms with E-state index in [4.69, 9.17) is 23.2 Å². The summed E-state index contributed by atoms with van der Waals surface area (Å²) in [6.45, 7) is 6.36. The predicted molar refractivity (Wildman–Crippen MR) is 121 cm³/mol. The van der Waals surface area contributed by atoms with E-state index in [0.717, 1.165) is 17.2 Å². The number of nitrogens with one attached hydrogen (secondary N) is 1. The second-order valence-corrected chi connectivity index (χ2v) is 9.30. The molecule has 0 saturated carbocycles. The van der Waals surface area contributed by atoms with E-state index in [9.17, 15) is 4.79 Å². The maximum absolute atomic E-state index is 12.7. The SMILES string of the molecule is Cc1ccnc(Nc2cc(N3CCN(C(=O)c4cc(Cl)sc4Cl)CC3)nc(C)n2)c1. The molecule has 1 amide bonds. The summed E-state index contributed by atoms with van der Waals surface area (Å²) in [4.78, 5) is 30.1. The number of aromatic nitrogens is 3. The summed E-state index contributed by atoms with van der Waals surface area (Å²) >= 11 is 13.3. The highest BCUT2D eigenvalue weighted by Crippen LogP contribution is 2.32. The molecule has 0 radical (unpaired) electrons. The van der Waals surface area contributed by atoms with E-state index in [1.807, 2.05) is 32.0 Å². The number of rotatable bonds is 4. The first-order valence-corrected chi connectivity index (χ1v) is 11.0. The average Bonchev–Trinajstić information content (AvgIpc) is 3.05. The van der Waals surface area contributed by atoms with Crippen molar-refractivity contribution < 1.29 is 4.79 Å². The van der Waals surface area contributed by atoms with E-state index in [2.05, 4.69) is 25.2 Å². The smallest absolute Gasteiger partial charge is 0.256 e. The Hall–Kier alpha value is -2.42. The van der Waals surface area contributed by atoms with E-state index in [0.29, 0.717) is 52.1 Å². The lowest BCUT2D eigenvalue weighted by Crippen LogP contribution is -2.49. The van der Waals surface area contributed by atoms with Crippen LogP contribution in [-0.2, 0) is 0 Å². The minimum absolute atomic E-state index is 0.0884. The third kappa shape index (κ3) is 4.66. The molecule has 1 fully saturated rings. The van der Waals surface area contributed by atoms with E-state index >= 15 is 0 Å². The fraction of sp³-hybridized carbons (Fsp3) is 0.300. The van der Waals surface area contributed by atoms with Gasteiger partial charge in [-0.2, -0.15) is 0 Å². The zero-order chi connectivity index (χ0) is 21.3. The van der Waals surface area contributed by atoms with E-state index < -0.39 is 0 Å². The summed E-state index contributed by atoms with van der Waals surface area (Å²) in [6, 6.07) is 7.45. The van der Waals surface area contributed by atoms with Gasteiger partial charge >= 0.3 is 0 Å². The van der Waals surface area contributed by atoms with Gasteiger partial charge in [0, 0.05) is 38.4 Å². The van der Waals surface area contributed by atoms with Gasteiger partial charge in [0.2, 0.25) is 0 Å². The molecular weight excluding hydrogens is 443 g/mol. The monoisotopic (exact) mass is 462 g/mol. The summed E-state index contributed by atoms with van der Waals surface area (Å²) in [6.07, 6.45) is 1.76. The van der Waals surface area contributed by atoms with Crippen molar-refractivity contribution in [3.8, 4) is 0 Å². The van der Waals surface area contributed by atoms with Gasteiger partial charge in [-0.25, -0.2) is 15.0 Å². The molecule has 0 unspecified atom stereocenters. The molecule has 4 heterocycles. The van der Waals surface area contributed by atoms with E-state index in [-0.39, 0.29) is 5.91 Å². The summed E-state index contributed by atoms with van der Waals surface area (Å²) in [5, 5.41) is 3.24. The van der Waals surface area contributed by atoms with Crippen LogP contribution >= 0.6 is 34.5 Å². The molecule has 0 bridgehead atoms. The highest BCUT2D eigenvalue weighted by atomic mass is 35.5. The first-order valence-electron chi connectivity index (χ1n) is 9.43. The first kappa shape index (κ1) is 20.8. The number of hydrogen-bond donors (Lipinski definition) is 1. The third-order valence-corrected chi connectivity index (χ3v) is 6.26. The van der Waals surface area contributed by atoms with Crippen LogP contribution in [0.1, 0.15) is 21.7 Å². The fourth-order valence-electron chi connectivity index (χ4n) is 3.31. The molecule has 0 spiro atoms. The Kier molecular flexibility index (Phi) is 6.08. The van der Waals surface area contributed by atoms with Gasteiger partial charge in [0.15, 0.2) is 0 Å². The van der Waals surface area contributed by atoms with Gasteiger partial charge in [-0.1, -0.05) is 23.2 Å². The van der Waals surface area contributed by atoms with Crippen LogP contribution in [0.5, 0.6) is 0 Å². The van der Waals surface area contributed by atoms with Crippen molar-refractivity contribution in [3.63, 3.8) is 0 Å². The quantitative estimate of drug-likeness (QED) is 0.612. The van der Waals surface area contributed by atoms with Gasteiger partial charge in [0.1, 0.15) is 27.6 Å². The number of aryl methyl sites for hydroxylation is 2. The number of amides is 1. The molecule has 7 nitrogen and oxygen atoms in total. The molecule has 10 heteroatoms. The highest BCUT2D eigenvalue weighted by Gasteiger charge is 2.26. The Morgan fingerprint density at radius 1 is 1.07 bits per heavy atom. The van der Waals surface area contributed by atoms with Crippen molar-refractivity contribution in [3.05, 3.63) is 56.1 Å². The topological polar surface area (TPSA) is 74.2 Å². The molecule has 1 saturated heterocycles. The van der Waals surface area contributed by atoms with Gasteiger partial charge in [-0.05, 0) is 37.6 Å². The molecule has 1 N–H and O–H groups in total. The number of halogens is 2. The molecule has 30 heavy (non-hydrogen) atoms. The first-order chi connectivity index (χ1) is 14.4. The molecular formula is C20H20Cl2N6OS. The Bertz CT molecular complexity index is 1080. The van der Waals surface area contributed by atoms with Gasteiger partial charge in [0.25, 0.3) is 5.91 Å². The molecule has 156 valence electrons. The Morgan fingerprint density at radius 2 is 1.83 bits per heavy atom. The average molecular weight is 463 g/mol. The maximum Gasteiger partial charge on any atom is 0.256 e. The molecule has 4 rings (SSSR count). The van der Waals surface area contributed by atoms with Gasteiger partial charge in [0.05, 0.1) is 9.90 Å². The van der Waals surface area contributed by atoms with Crippen LogP contribution in [0.2, 0.25) is 8.67 Å². The summed E-state index contributed by atoms with van der Waals surface area (Å²) in [7, 11) is 0. The lowest BCUT2D eigenvalue weighted by molar-refractivity contribution is 0.0747. The number of pyridine rings is 1. The Morgan fingerprint density at radius 3 is 2.50 bits per heavy atom. The minimum atomic E-state index is -0.0884. The lowest BCUT2D eigenvalue weighted by atomic mass is 10.2. The van der Waals surface area contributed by atoms with Crippen molar-refractivity contribution in [2.75, 3.05) is 36.4 Å². The van der Waals surface area contributed by atoms with Crippen molar-refractivity contribution in [1.82, 2.24) is 19.9 Å². The van der Waals surface area contributed by atoms with Gasteiger partial charge < -0.3 is 15.1 Å². The molecule has 3 aromatic heterocycles. The summed E-state index contributed by atoms with van der Waals surface area (Å²) in [5.41, 5.74) is 1.58. The largest absolute Gasteiger partial charge is 0.353 e. The number of carbonyl (C=O) groups is 1. The molecule has 0 aliphatic carbocycles. The zero-order valence-corrected chi connectivity index (χ0v) is 18.9. The molecule has 0 aromatic carbocycles. The second kappa shape index (κ2) is 8.75. The van der Waals surface area contributed by atoms with Crippen LogP contribution < -0.4 is 10.2 Å². The summed E-state index contributed by atoms with van der Waals surface area (Å²) < 4.78 is 0.945.